The molecule has 1 aliphatic heterocycles. The van der Waals surface area contributed by atoms with Gasteiger partial charge in [-0.25, -0.2) is 4.79 Å². The summed E-state index contributed by atoms with van der Waals surface area (Å²) in [6.07, 6.45) is 14.6. The summed E-state index contributed by atoms with van der Waals surface area (Å²) in [4.78, 5) is 17.9. The molecule has 1 amide bonds. The highest BCUT2D eigenvalue weighted by Crippen LogP contribution is 2.18. The second kappa shape index (κ2) is 15.7. The lowest BCUT2D eigenvalue weighted by Crippen LogP contribution is -2.35. The quantitative estimate of drug-likeness (QED) is 0.287. The molecule has 1 aliphatic rings. The van der Waals surface area contributed by atoms with Crippen LogP contribution in [0.15, 0.2) is 35.5 Å². The molecule has 1 aromatic rings. The number of nitrogens with zero attached hydrogens (tertiary/aromatic N) is 1. The molecular formula is C26H42N2O3. The van der Waals surface area contributed by atoms with Gasteiger partial charge < -0.3 is 14.9 Å². The molecule has 0 fully saturated rings. The summed E-state index contributed by atoms with van der Waals surface area (Å²) >= 11 is 0. The van der Waals surface area contributed by atoms with Gasteiger partial charge in [0, 0.05) is 6.42 Å². The van der Waals surface area contributed by atoms with Crippen LogP contribution in [-0.2, 0) is 9.57 Å². The van der Waals surface area contributed by atoms with Crippen LogP contribution in [0.4, 0.5) is 4.79 Å². The fourth-order valence-corrected chi connectivity index (χ4v) is 3.94. The van der Waals surface area contributed by atoms with Crippen molar-refractivity contribution in [2.24, 2.45) is 5.16 Å². The predicted molar refractivity (Wildman–Crippen MR) is 127 cm³/mol. The summed E-state index contributed by atoms with van der Waals surface area (Å²) in [5.41, 5.74) is 2.00. The van der Waals surface area contributed by atoms with Crippen molar-refractivity contribution in [2.75, 3.05) is 6.54 Å². The molecule has 0 bridgehead atoms. The van der Waals surface area contributed by atoms with E-state index in [1.165, 1.54) is 51.4 Å². The van der Waals surface area contributed by atoms with Crippen LogP contribution in [0.25, 0.3) is 0 Å². The number of carbonyl (C=O) groups is 1. The summed E-state index contributed by atoms with van der Waals surface area (Å²) in [6, 6.07) is 10.0. The molecular weight excluding hydrogens is 388 g/mol. The summed E-state index contributed by atoms with van der Waals surface area (Å²) in [6.45, 7) is 4.86. The highest BCUT2D eigenvalue weighted by atomic mass is 16.6. The Morgan fingerprint density at radius 3 is 2.32 bits per heavy atom. The Morgan fingerprint density at radius 2 is 1.61 bits per heavy atom. The van der Waals surface area contributed by atoms with Gasteiger partial charge >= 0.3 is 6.09 Å². The average molecular weight is 431 g/mol. The number of carbonyl (C=O) groups excluding carboxylic acids is 1. The van der Waals surface area contributed by atoms with Gasteiger partial charge in [-0.05, 0) is 31.2 Å². The molecule has 0 radical (unpaired) electrons. The van der Waals surface area contributed by atoms with Crippen molar-refractivity contribution in [1.29, 1.82) is 0 Å². The van der Waals surface area contributed by atoms with Gasteiger partial charge in [0.1, 0.15) is 6.10 Å². The van der Waals surface area contributed by atoms with E-state index < -0.39 is 0 Å². The van der Waals surface area contributed by atoms with Crippen LogP contribution in [0.2, 0.25) is 0 Å². The third kappa shape index (κ3) is 10.7. The third-order valence-corrected chi connectivity index (χ3v) is 5.85. The molecule has 0 saturated carbocycles. The first kappa shape index (κ1) is 25.2. The summed E-state index contributed by atoms with van der Waals surface area (Å²) in [7, 11) is 0. The highest BCUT2D eigenvalue weighted by Gasteiger charge is 2.23. The Kier molecular flexibility index (Phi) is 12.8. The van der Waals surface area contributed by atoms with Gasteiger partial charge in [0.05, 0.1) is 12.3 Å². The Bertz CT molecular complexity index is 633. The van der Waals surface area contributed by atoms with Crippen LogP contribution in [0.5, 0.6) is 0 Å². The first-order valence-electron chi connectivity index (χ1n) is 12.5. The minimum atomic E-state index is -0.332. The van der Waals surface area contributed by atoms with Crippen LogP contribution < -0.4 is 5.32 Å². The molecule has 5 nitrogen and oxygen atoms in total. The molecule has 1 heterocycles. The molecule has 1 aromatic carbocycles. The molecule has 31 heavy (non-hydrogen) atoms. The van der Waals surface area contributed by atoms with E-state index in [9.17, 15) is 4.79 Å². The first-order chi connectivity index (χ1) is 15.2. The van der Waals surface area contributed by atoms with Crippen molar-refractivity contribution in [3.8, 4) is 0 Å². The normalized spacial score (nSPS) is 16.5. The van der Waals surface area contributed by atoms with Crippen molar-refractivity contribution in [1.82, 2.24) is 5.32 Å². The number of amides is 1. The minimum Gasteiger partial charge on any atom is -0.446 e. The number of alkyl carbamates (subject to hydrolysis) is 1. The molecule has 2 rings (SSSR count). The van der Waals surface area contributed by atoms with Gasteiger partial charge in [-0.3, -0.25) is 0 Å². The number of oxime groups is 1. The van der Waals surface area contributed by atoms with Gasteiger partial charge in [0.15, 0.2) is 6.10 Å². The van der Waals surface area contributed by atoms with Crippen LogP contribution in [-0.4, -0.2) is 30.6 Å². The van der Waals surface area contributed by atoms with E-state index in [1.807, 2.05) is 30.3 Å². The lowest BCUT2D eigenvalue weighted by atomic mass is 10.0. The number of nitrogens with one attached hydrogen (secondary N) is 1. The van der Waals surface area contributed by atoms with Crippen molar-refractivity contribution >= 4 is 11.8 Å². The number of rotatable bonds is 16. The van der Waals surface area contributed by atoms with Gasteiger partial charge in [-0.1, -0.05) is 101 Å². The lowest BCUT2D eigenvalue weighted by Gasteiger charge is -2.19. The zero-order chi connectivity index (χ0) is 22.2. The maximum absolute atomic E-state index is 12.4. The second-order valence-electron chi connectivity index (χ2n) is 8.65. The predicted octanol–water partition coefficient (Wildman–Crippen LogP) is 7.00. The minimum absolute atomic E-state index is 0.0165. The summed E-state index contributed by atoms with van der Waals surface area (Å²) in [5.74, 6) is 0. The molecule has 0 saturated heterocycles. The van der Waals surface area contributed by atoms with Gasteiger partial charge in [-0.2, -0.15) is 0 Å². The SMILES string of the molecule is CCCCCCCCCC(CCCCC)OC(=O)NCC1CC(c2ccccc2)=NO1. The van der Waals surface area contributed by atoms with E-state index in [1.54, 1.807) is 0 Å². The standard InChI is InChI=1S/C26H42N2O3/c1-3-5-7-8-9-10-15-19-23(18-12-6-4-2)30-26(29)27-21-24-20-25(28-31-24)22-16-13-11-14-17-22/h11,13-14,16-17,23-24H,3-10,12,15,18-21H2,1-2H3,(H,27,29). The molecule has 0 spiro atoms. The molecule has 2 atom stereocenters. The number of ether oxygens (including phenoxy) is 1. The van der Waals surface area contributed by atoms with Crippen molar-refractivity contribution in [3.63, 3.8) is 0 Å². The van der Waals surface area contributed by atoms with Gasteiger partial charge in [-0.15, -0.1) is 0 Å². The monoisotopic (exact) mass is 430 g/mol. The van der Waals surface area contributed by atoms with Gasteiger partial charge in [0.2, 0.25) is 0 Å². The van der Waals surface area contributed by atoms with E-state index in [0.29, 0.717) is 13.0 Å². The maximum atomic E-state index is 12.4. The number of hydrogen-bond donors (Lipinski definition) is 1. The Morgan fingerprint density at radius 1 is 1.00 bits per heavy atom. The van der Waals surface area contributed by atoms with Crippen molar-refractivity contribution in [2.45, 2.75) is 110 Å². The first-order valence-corrected chi connectivity index (χ1v) is 12.5. The van der Waals surface area contributed by atoms with Crippen LogP contribution in [0, 0.1) is 0 Å². The van der Waals surface area contributed by atoms with E-state index in [-0.39, 0.29) is 18.3 Å². The number of hydrogen-bond acceptors (Lipinski definition) is 4. The van der Waals surface area contributed by atoms with Crippen LogP contribution in [0.3, 0.4) is 0 Å². The molecule has 1 N–H and O–H groups in total. The Labute approximate surface area is 189 Å². The fraction of sp³-hybridized carbons (Fsp3) is 0.692. The van der Waals surface area contributed by atoms with Crippen LogP contribution in [0.1, 0.15) is 103 Å². The smallest absolute Gasteiger partial charge is 0.407 e. The Hall–Kier alpha value is -2.04. The number of unbranched alkanes of at least 4 members (excludes halogenated alkanes) is 8. The topological polar surface area (TPSA) is 59.9 Å². The van der Waals surface area contributed by atoms with Crippen molar-refractivity contribution in [3.05, 3.63) is 35.9 Å². The van der Waals surface area contributed by atoms with E-state index in [4.69, 9.17) is 9.57 Å². The Balaban J connectivity index is 1.65. The van der Waals surface area contributed by atoms with E-state index >= 15 is 0 Å². The highest BCUT2D eigenvalue weighted by molar-refractivity contribution is 6.01. The van der Waals surface area contributed by atoms with E-state index in [2.05, 4.69) is 24.3 Å². The van der Waals surface area contributed by atoms with E-state index in [0.717, 1.165) is 37.0 Å². The lowest BCUT2D eigenvalue weighted by molar-refractivity contribution is 0.0652. The van der Waals surface area contributed by atoms with Crippen LogP contribution >= 0.6 is 0 Å². The van der Waals surface area contributed by atoms with Crippen molar-refractivity contribution < 1.29 is 14.4 Å². The van der Waals surface area contributed by atoms with Gasteiger partial charge in [0.25, 0.3) is 0 Å². The summed E-state index contributed by atoms with van der Waals surface area (Å²) < 4.78 is 5.77. The average Bonchev–Trinajstić information content (AvgIpc) is 3.27. The molecule has 2 unspecified atom stereocenters. The molecule has 5 heteroatoms. The molecule has 174 valence electrons. The maximum Gasteiger partial charge on any atom is 0.407 e. The number of benzene rings is 1. The zero-order valence-electron chi connectivity index (χ0n) is 19.6. The fourth-order valence-electron chi connectivity index (χ4n) is 3.94. The largest absolute Gasteiger partial charge is 0.446 e. The second-order valence-corrected chi connectivity index (χ2v) is 8.65. The summed E-state index contributed by atoms with van der Waals surface area (Å²) in [5, 5.41) is 7.06. The molecule has 0 aliphatic carbocycles. The zero-order valence-corrected chi connectivity index (χ0v) is 19.6. The molecule has 0 aromatic heterocycles. The third-order valence-electron chi connectivity index (χ3n) is 5.85.